The molecule has 1 aromatic carbocycles. The molecule has 0 saturated carbocycles. The molecule has 6 nitrogen and oxygen atoms in total. The largest absolute Gasteiger partial charge is 0.493 e. The summed E-state index contributed by atoms with van der Waals surface area (Å²) in [4.78, 5) is 22.8. The van der Waals surface area contributed by atoms with Crippen molar-refractivity contribution in [1.82, 2.24) is 5.32 Å². The Balaban J connectivity index is 2.86. The molecular weight excluding hydrogens is 236 g/mol. The summed E-state index contributed by atoms with van der Waals surface area (Å²) in [7, 11) is 1.25. The molecule has 0 bridgehead atoms. The Morgan fingerprint density at radius 3 is 2.72 bits per heavy atom. The molecule has 1 aromatic rings. The van der Waals surface area contributed by atoms with Crippen LogP contribution < -0.4 is 15.8 Å². The van der Waals surface area contributed by atoms with Crippen LogP contribution in [-0.4, -0.2) is 32.1 Å². The highest BCUT2D eigenvalue weighted by molar-refractivity contribution is 6.02. The van der Waals surface area contributed by atoms with Crippen LogP contribution in [-0.2, 0) is 9.53 Å². The zero-order valence-electron chi connectivity index (χ0n) is 10.4. The molecule has 0 aliphatic carbocycles. The number of nitrogen functional groups attached to an aromatic ring is 1. The summed E-state index contributed by atoms with van der Waals surface area (Å²) < 4.78 is 9.74. The molecule has 0 saturated heterocycles. The van der Waals surface area contributed by atoms with E-state index >= 15 is 0 Å². The van der Waals surface area contributed by atoms with Gasteiger partial charge in [0.15, 0.2) is 0 Å². The first-order valence-electron chi connectivity index (χ1n) is 5.46. The van der Waals surface area contributed by atoms with E-state index in [4.69, 9.17) is 10.5 Å². The van der Waals surface area contributed by atoms with Gasteiger partial charge in [-0.25, -0.2) is 0 Å². The van der Waals surface area contributed by atoms with Crippen molar-refractivity contribution in [3.8, 4) is 5.75 Å². The molecule has 0 heterocycles. The molecule has 0 fully saturated rings. The maximum Gasteiger partial charge on any atom is 0.325 e. The Labute approximate surface area is 105 Å². The number of anilines is 1. The number of benzene rings is 1. The van der Waals surface area contributed by atoms with Gasteiger partial charge in [-0.3, -0.25) is 9.59 Å². The van der Waals surface area contributed by atoms with Crippen molar-refractivity contribution in [2.75, 3.05) is 26.0 Å². The van der Waals surface area contributed by atoms with Gasteiger partial charge in [0.1, 0.15) is 17.9 Å². The lowest BCUT2D eigenvalue weighted by molar-refractivity contribution is -0.139. The van der Waals surface area contributed by atoms with Gasteiger partial charge < -0.3 is 20.5 Å². The van der Waals surface area contributed by atoms with Gasteiger partial charge >= 0.3 is 5.97 Å². The van der Waals surface area contributed by atoms with Crippen LogP contribution in [0.3, 0.4) is 0 Å². The maximum atomic E-state index is 11.9. The van der Waals surface area contributed by atoms with Gasteiger partial charge in [-0.15, -0.1) is 0 Å². The van der Waals surface area contributed by atoms with Gasteiger partial charge in [0.25, 0.3) is 5.91 Å². The van der Waals surface area contributed by atoms with Crippen LogP contribution >= 0.6 is 0 Å². The van der Waals surface area contributed by atoms with E-state index in [2.05, 4.69) is 10.1 Å². The molecule has 0 radical (unpaired) electrons. The molecule has 1 rings (SSSR count). The Hall–Kier alpha value is -2.24. The second kappa shape index (κ2) is 6.48. The highest BCUT2D eigenvalue weighted by Gasteiger charge is 2.16. The van der Waals surface area contributed by atoms with Crippen molar-refractivity contribution >= 4 is 17.6 Å². The van der Waals surface area contributed by atoms with E-state index in [1.54, 1.807) is 25.1 Å². The average Bonchev–Trinajstić information content (AvgIpc) is 2.36. The van der Waals surface area contributed by atoms with Gasteiger partial charge in [0.05, 0.1) is 13.7 Å². The summed E-state index contributed by atoms with van der Waals surface area (Å²) in [6.07, 6.45) is 0. The molecule has 0 unspecified atom stereocenters. The third-order valence-electron chi connectivity index (χ3n) is 2.21. The average molecular weight is 252 g/mol. The Kier molecular flexibility index (Phi) is 4.98. The number of amides is 1. The lowest BCUT2D eigenvalue weighted by Crippen LogP contribution is -2.31. The monoisotopic (exact) mass is 252 g/mol. The Bertz CT molecular complexity index is 446. The molecular formula is C12H16N2O4. The van der Waals surface area contributed by atoms with Crippen LogP contribution in [0.5, 0.6) is 5.75 Å². The predicted molar refractivity (Wildman–Crippen MR) is 66.4 cm³/mol. The van der Waals surface area contributed by atoms with Gasteiger partial charge in [-0.2, -0.15) is 0 Å². The predicted octanol–water partition coefficient (Wildman–Crippen LogP) is 0.570. The van der Waals surface area contributed by atoms with E-state index < -0.39 is 11.9 Å². The number of carbonyl (C=O) groups is 2. The molecule has 0 aliphatic heterocycles. The number of carbonyl (C=O) groups excluding carboxylic acids is 2. The molecule has 0 aliphatic rings. The van der Waals surface area contributed by atoms with Crippen molar-refractivity contribution in [3.63, 3.8) is 0 Å². The molecule has 6 heteroatoms. The third kappa shape index (κ3) is 3.38. The second-order valence-corrected chi connectivity index (χ2v) is 3.41. The van der Waals surface area contributed by atoms with Crippen LogP contribution in [0.4, 0.5) is 5.69 Å². The minimum absolute atomic E-state index is 0.213. The molecule has 3 N–H and O–H groups in total. The molecule has 1 amide bonds. The number of hydrogen-bond acceptors (Lipinski definition) is 5. The second-order valence-electron chi connectivity index (χ2n) is 3.41. The van der Waals surface area contributed by atoms with Crippen LogP contribution in [0, 0.1) is 0 Å². The van der Waals surface area contributed by atoms with E-state index in [0.29, 0.717) is 18.0 Å². The first-order chi connectivity index (χ1) is 8.60. The lowest BCUT2D eigenvalue weighted by atomic mass is 10.1. The van der Waals surface area contributed by atoms with E-state index in [0.717, 1.165) is 0 Å². The molecule has 0 spiro atoms. The number of ether oxygens (including phenoxy) is 2. The van der Waals surface area contributed by atoms with Crippen molar-refractivity contribution in [3.05, 3.63) is 23.8 Å². The minimum atomic E-state index is -0.532. The van der Waals surface area contributed by atoms with Crippen molar-refractivity contribution in [2.45, 2.75) is 6.92 Å². The molecule has 98 valence electrons. The number of nitrogens with one attached hydrogen (secondary N) is 1. The summed E-state index contributed by atoms with van der Waals surface area (Å²) >= 11 is 0. The fraction of sp³-hybridized carbons (Fsp3) is 0.333. The number of methoxy groups -OCH3 is 1. The van der Waals surface area contributed by atoms with E-state index in [9.17, 15) is 9.59 Å². The van der Waals surface area contributed by atoms with E-state index in [1.807, 2.05) is 0 Å². The smallest absolute Gasteiger partial charge is 0.325 e. The molecule has 0 atom stereocenters. The van der Waals surface area contributed by atoms with Crippen molar-refractivity contribution in [1.29, 1.82) is 0 Å². The lowest BCUT2D eigenvalue weighted by Gasteiger charge is -2.12. The summed E-state index contributed by atoms with van der Waals surface area (Å²) in [5.41, 5.74) is 6.25. The number of esters is 1. The first-order valence-corrected chi connectivity index (χ1v) is 5.46. The summed E-state index contributed by atoms with van der Waals surface area (Å²) in [5.74, 6) is -0.613. The zero-order valence-corrected chi connectivity index (χ0v) is 10.4. The molecule has 18 heavy (non-hydrogen) atoms. The zero-order chi connectivity index (χ0) is 13.5. The van der Waals surface area contributed by atoms with Gasteiger partial charge in [0.2, 0.25) is 0 Å². The van der Waals surface area contributed by atoms with Gasteiger partial charge in [-0.1, -0.05) is 6.07 Å². The quantitative estimate of drug-likeness (QED) is 0.590. The van der Waals surface area contributed by atoms with Crippen LogP contribution in [0.25, 0.3) is 0 Å². The van der Waals surface area contributed by atoms with Crippen molar-refractivity contribution in [2.24, 2.45) is 0 Å². The van der Waals surface area contributed by atoms with Gasteiger partial charge in [-0.05, 0) is 19.1 Å². The minimum Gasteiger partial charge on any atom is -0.493 e. The summed E-state index contributed by atoms with van der Waals surface area (Å²) in [6.45, 7) is 2.01. The summed E-state index contributed by atoms with van der Waals surface area (Å²) in [5, 5.41) is 2.42. The number of nitrogens with two attached hydrogens (primary N) is 1. The van der Waals surface area contributed by atoms with Gasteiger partial charge in [0, 0.05) is 5.69 Å². The number of rotatable bonds is 5. The van der Waals surface area contributed by atoms with Crippen LogP contribution in [0.15, 0.2) is 18.2 Å². The highest BCUT2D eigenvalue weighted by Crippen LogP contribution is 2.24. The Morgan fingerprint density at radius 2 is 2.11 bits per heavy atom. The maximum absolute atomic E-state index is 11.9. The first kappa shape index (κ1) is 13.8. The third-order valence-corrected chi connectivity index (χ3v) is 2.21. The summed E-state index contributed by atoms with van der Waals surface area (Å²) in [6, 6.07) is 4.93. The van der Waals surface area contributed by atoms with Crippen LogP contribution in [0.2, 0.25) is 0 Å². The van der Waals surface area contributed by atoms with E-state index in [1.165, 1.54) is 7.11 Å². The normalized spacial score (nSPS) is 9.67. The fourth-order valence-electron chi connectivity index (χ4n) is 1.38. The SMILES string of the molecule is CCOc1cccc(N)c1C(=O)NCC(=O)OC. The highest BCUT2D eigenvalue weighted by atomic mass is 16.5. The van der Waals surface area contributed by atoms with Crippen molar-refractivity contribution < 1.29 is 19.1 Å². The van der Waals surface area contributed by atoms with Crippen LogP contribution in [0.1, 0.15) is 17.3 Å². The fourth-order valence-corrected chi connectivity index (χ4v) is 1.38. The topological polar surface area (TPSA) is 90.6 Å². The molecule has 0 aromatic heterocycles. The Morgan fingerprint density at radius 1 is 1.39 bits per heavy atom. The van der Waals surface area contributed by atoms with E-state index in [-0.39, 0.29) is 12.1 Å². The number of hydrogen-bond donors (Lipinski definition) is 2. The standard InChI is InChI=1S/C12H16N2O4/c1-3-18-9-6-4-5-8(13)11(9)12(16)14-7-10(15)17-2/h4-6H,3,7,13H2,1-2H3,(H,14,16).